The maximum atomic E-state index is 4.36. The first kappa shape index (κ1) is 9.46. The lowest BCUT2D eigenvalue weighted by atomic mass is 10.1. The van der Waals surface area contributed by atoms with E-state index in [0.29, 0.717) is 0 Å². The van der Waals surface area contributed by atoms with Gasteiger partial charge in [-0.25, -0.2) is 4.98 Å². The lowest BCUT2D eigenvalue weighted by Gasteiger charge is -2.05. The minimum absolute atomic E-state index is 0.995. The molecular weight excluding hydrogens is 240 g/mol. The van der Waals surface area contributed by atoms with Crippen molar-refractivity contribution in [2.75, 3.05) is 0 Å². The second-order valence-electron chi connectivity index (χ2n) is 3.28. The number of aryl methyl sites for hydroxylation is 1. The van der Waals surface area contributed by atoms with E-state index in [0.717, 1.165) is 10.4 Å². The van der Waals surface area contributed by atoms with Crippen LogP contribution < -0.4 is 0 Å². The number of benzene rings is 1. The van der Waals surface area contributed by atoms with Crippen LogP contribution in [0.2, 0.25) is 0 Å². The first-order valence-electron chi connectivity index (χ1n) is 4.43. The molecule has 72 valence electrons. The Morgan fingerprint density at radius 2 is 2.00 bits per heavy atom. The summed E-state index contributed by atoms with van der Waals surface area (Å²) in [5.41, 5.74) is 2.43. The largest absolute Gasteiger partial charge is 0.322 e. The number of hydrogen-bond donors (Lipinski definition) is 0. The van der Waals surface area contributed by atoms with E-state index < -0.39 is 0 Å². The molecule has 0 saturated carbocycles. The summed E-state index contributed by atoms with van der Waals surface area (Å²) in [4.78, 5) is 4.36. The third kappa shape index (κ3) is 1.48. The summed E-state index contributed by atoms with van der Waals surface area (Å²) < 4.78 is 3.03. The van der Waals surface area contributed by atoms with Gasteiger partial charge in [0.05, 0.1) is 6.20 Å². The van der Waals surface area contributed by atoms with Crippen LogP contribution in [0.3, 0.4) is 0 Å². The predicted molar refractivity (Wildman–Crippen MR) is 61.1 cm³/mol. The molecule has 0 aliphatic heterocycles. The molecular formula is C11H11BrN2. The van der Waals surface area contributed by atoms with Crippen molar-refractivity contribution in [3.63, 3.8) is 0 Å². The van der Waals surface area contributed by atoms with E-state index in [2.05, 4.69) is 40.0 Å². The van der Waals surface area contributed by atoms with Crippen LogP contribution in [0.15, 0.2) is 35.1 Å². The van der Waals surface area contributed by atoms with Crippen LogP contribution >= 0.6 is 15.9 Å². The first-order chi connectivity index (χ1) is 6.70. The van der Waals surface area contributed by atoms with E-state index in [1.807, 2.05) is 29.9 Å². The van der Waals surface area contributed by atoms with E-state index in [1.54, 1.807) is 0 Å². The molecule has 2 rings (SSSR count). The topological polar surface area (TPSA) is 17.8 Å². The first-order valence-corrected chi connectivity index (χ1v) is 5.22. The van der Waals surface area contributed by atoms with Gasteiger partial charge in [0.2, 0.25) is 0 Å². The van der Waals surface area contributed by atoms with E-state index in [-0.39, 0.29) is 0 Å². The molecule has 14 heavy (non-hydrogen) atoms. The molecule has 1 aromatic heterocycles. The van der Waals surface area contributed by atoms with Crippen molar-refractivity contribution < 1.29 is 0 Å². The van der Waals surface area contributed by atoms with Crippen LogP contribution in [0, 0.1) is 6.92 Å². The molecule has 0 aliphatic carbocycles. The highest BCUT2D eigenvalue weighted by atomic mass is 79.9. The average Bonchev–Trinajstić information content (AvgIpc) is 2.49. The summed E-state index contributed by atoms with van der Waals surface area (Å²) in [5, 5.41) is 0. The average molecular weight is 251 g/mol. The molecule has 0 saturated heterocycles. The molecule has 2 nitrogen and oxygen atoms in total. The quantitative estimate of drug-likeness (QED) is 0.761. The zero-order valence-electron chi connectivity index (χ0n) is 8.16. The number of halogens is 1. The number of hydrogen-bond acceptors (Lipinski definition) is 1. The summed E-state index contributed by atoms with van der Waals surface area (Å²) >= 11 is 3.44. The second kappa shape index (κ2) is 3.58. The highest BCUT2D eigenvalue weighted by molar-refractivity contribution is 9.10. The molecule has 1 heterocycles. The number of imidazole rings is 1. The lowest BCUT2D eigenvalue weighted by molar-refractivity contribution is 0.900. The minimum atomic E-state index is 0.995. The second-order valence-corrected chi connectivity index (χ2v) is 4.09. The Morgan fingerprint density at radius 3 is 2.57 bits per heavy atom. The van der Waals surface area contributed by atoms with Crippen molar-refractivity contribution >= 4 is 15.9 Å². The number of nitrogens with zero attached hydrogens (tertiary/aromatic N) is 2. The molecule has 2 aromatic rings. The van der Waals surface area contributed by atoms with Gasteiger partial charge >= 0.3 is 0 Å². The Bertz CT molecular complexity index is 460. The van der Waals surface area contributed by atoms with Crippen molar-refractivity contribution in [1.82, 2.24) is 9.55 Å². The van der Waals surface area contributed by atoms with Crippen molar-refractivity contribution in [2.45, 2.75) is 6.92 Å². The molecule has 0 fully saturated rings. The van der Waals surface area contributed by atoms with E-state index in [1.165, 1.54) is 11.1 Å². The van der Waals surface area contributed by atoms with Crippen LogP contribution in [0.4, 0.5) is 0 Å². The van der Waals surface area contributed by atoms with E-state index in [9.17, 15) is 0 Å². The molecule has 0 aliphatic rings. The van der Waals surface area contributed by atoms with Gasteiger partial charge < -0.3 is 4.57 Å². The standard InChI is InChI=1S/C11H11BrN2/c1-8-5-3-4-6-9(8)11-13-7-10(12)14(11)2/h3-7H,1-2H3. The third-order valence-electron chi connectivity index (χ3n) is 2.32. The fourth-order valence-corrected chi connectivity index (χ4v) is 1.73. The van der Waals surface area contributed by atoms with E-state index >= 15 is 0 Å². The molecule has 0 bridgehead atoms. The SMILES string of the molecule is Cc1ccccc1-c1ncc(Br)n1C. The summed E-state index contributed by atoms with van der Waals surface area (Å²) in [6.07, 6.45) is 1.82. The fraction of sp³-hybridized carbons (Fsp3) is 0.182. The Morgan fingerprint density at radius 1 is 1.29 bits per heavy atom. The number of rotatable bonds is 1. The molecule has 0 spiro atoms. The molecule has 0 amide bonds. The minimum Gasteiger partial charge on any atom is -0.322 e. The number of aromatic nitrogens is 2. The molecule has 1 aromatic carbocycles. The maximum absolute atomic E-state index is 4.36. The molecule has 3 heteroatoms. The Labute approximate surface area is 91.7 Å². The van der Waals surface area contributed by atoms with Crippen molar-refractivity contribution in [2.24, 2.45) is 7.05 Å². The van der Waals surface area contributed by atoms with Crippen molar-refractivity contribution in [1.29, 1.82) is 0 Å². The Balaban J connectivity index is 2.60. The summed E-state index contributed by atoms with van der Waals surface area (Å²) in [5.74, 6) is 0.995. The third-order valence-corrected chi connectivity index (χ3v) is 3.05. The highest BCUT2D eigenvalue weighted by Gasteiger charge is 2.07. The zero-order chi connectivity index (χ0) is 10.1. The molecule has 0 N–H and O–H groups in total. The van der Waals surface area contributed by atoms with Crippen molar-refractivity contribution in [3.05, 3.63) is 40.6 Å². The van der Waals surface area contributed by atoms with Crippen LogP contribution in [-0.4, -0.2) is 9.55 Å². The van der Waals surface area contributed by atoms with Gasteiger partial charge in [-0.2, -0.15) is 0 Å². The van der Waals surface area contributed by atoms with Gasteiger partial charge in [0.1, 0.15) is 10.4 Å². The lowest BCUT2D eigenvalue weighted by Crippen LogP contribution is -1.94. The summed E-state index contributed by atoms with van der Waals surface area (Å²) in [7, 11) is 2.00. The van der Waals surface area contributed by atoms with Gasteiger partial charge in [0.25, 0.3) is 0 Å². The van der Waals surface area contributed by atoms with Gasteiger partial charge in [-0.3, -0.25) is 0 Å². The van der Waals surface area contributed by atoms with Crippen LogP contribution in [0.25, 0.3) is 11.4 Å². The summed E-state index contributed by atoms with van der Waals surface area (Å²) in [6.45, 7) is 2.10. The molecule has 0 unspecified atom stereocenters. The fourth-order valence-electron chi connectivity index (χ4n) is 1.46. The predicted octanol–water partition coefficient (Wildman–Crippen LogP) is 3.16. The van der Waals surface area contributed by atoms with Gasteiger partial charge in [0, 0.05) is 12.6 Å². The highest BCUT2D eigenvalue weighted by Crippen LogP contribution is 2.23. The van der Waals surface area contributed by atoms with Gasteiger partial charge in [-0.05, 0) is 28.4 Å². The molecule has 0 atom stereocenters. The van der Waals surface area contributed by atoms with Gasteiger partial charge in [-0.1, -0.05) is 24.3 Å². The molecule has 0 radical (unpaired) electrons. The smallest absolute Gasteiger partial charge is 0.140 e. The van der Waals surface area contributed by atoms with Gasteiger partial charge in [0.15, 0.2) is 0 Å². The monoisotopic (exact) mass is 250 g/mol. The maximum Gasteiger partial charge on any atom is 0.140 e. The van der Waals surface area contributed by atoms with Crippen LogP contribution in [0.1, 0.15) is 5.56 Å². The van der Waals surface area contributed by atoms with Gasteiger partial charge in [-0.15, -0.1) is 0 Å². The van der Waals surface area contributed by atoms with Crippen LogP contribution in [-0.2, 0) is 7.05 Å². The Hall–Kier alpha value is -1.09. The summed E-state index contributed by atoms with van der Waals surface area (Å²) in [6, 6.07) is 8.25. The zero-order valence-corrected chi connectivity index (χ0v) is 9.75. The van der Waals surface area contributed by atoms with E-state index in [4.69, 9.17) is 0 Å². The van der Waals surface area contributed by atoms with Crippen LogP contribution in [0.5, 0.6) is 0 Å². The van der Waals surface area contributed by atoms with Crippen molar-refractivity contribution in [3.8, 4) is 11.4 Å². The normalized spacial score (nSPS) is 10.5. The Kier molecular flexibility index (Phi) is 2.42.